The number of benzene rings is 1. The Morgan fingerprint density at radius 1 is 1.36 bits per heavy atom. The monoisotopic (exact) mass is 402 g/mol. The smallest absolute Gasteiger partial charge is 0.272 e. The van der Waals surface area contributed by atoms with Crippen LogP contribution in [0.4, 0.5) is 0 Å². The normalized spacial score (nSPS) is 13.9. The van der Waals surface area contributed by atoms with E-state index in [0.717, 1.165) is 36.2 Å². The number of aromatic nitrogens is 2. The van der Waals surface area contributed by atoms with Gasteiger partial charge in [0.25, 0.3) is 5.91 Å². The molecular formula is C17H21Cl3N4O. The second kappa shape index (κ2) is 8.41. The molecule has 0 saturated heterocycles. The zero-order valence-corrected chi connectivity index (χ0v) is 16.4. The molecule has 5 nitrogen and oxygen atoms in total. The van der Waals surface area contributed by atoms with Gasteiger partial charge in [-0.15, -0.1) is 12.4 Å². The van der Waals surface area contributed by atoms with Crippen molar-refractivity contribution in [2.45, 2.75) is 32.2 Å². The van der Waals surface area contributed by atoms with Crippen LogP contribution in [0.15, 0.2) is 18.2 Å². The van der Waals surface area contributed by atoms with Gasteiger partial charge < -0.3 is 10.6 Å². The summed E-state index contributed by atoms with van der Waals surface area (Å²) in [7, 11) is 1.87. The maximum atomic E-state index is 12.5. The number of fused-ring (bicyclic) bond motifs is 1. The van der Waals surface area contributed by atoms with Gasteiger partial charge in [0, 0.05) is 28.9 Å². The van der Waals surface area contributed by atoms with Gasteiger partial charge in [0.15, 0.2) is 5.69 Å². The number of rotatable bonds is 5. The van der Waals surface area contributed by atoms with Gasteiger partial charge in [-0.3, -0.25) is 4.79 Å². The minimum atomic E-state index is -0.140. The fourth-order valence-corrected chi connectivity index (χ4v) is 3.39. The number of likely N-dealkylation sites (N-methyl/N-ethyl adjacent to an activating group) is 1. The summed E-state index contributed by atoms with van der Waals surface area (Å²) in [5.74, 6) is -0.140. The molecule has 1 atom stereocenters. The predicted molar refractivity (Wildman–Crippen MR) is 104 cm³/mol. The standard InChI is InChI=1S/C17H20Cl2N4O.ClH/c1-10(20-2)9-21-17(24)16-12-4-3-5-14(12)23(22-16)15-7-6-11(18)8-13(15)19;/h6-8,10,20H,3-5,9H2,1-2H3,(H,21,24);1H. The van der Waals surface area contributed by atoms with Crippen LogP contribution in [-0.2, 0) is 12.8 Å². The van der Waals surface area contributed by atoms with E-state index >= 15 is 0 Å². The third-order valence-electron chi connectivity index (χ3n) is 4.34. The number of carbonyl (C=O) groups excluding carboxylic acids is 1. The van der Waals surface area contributed by atoms with Crippen LogP contribution in [0.1, 0.15) is 35.1 Å². The van der Waals surface area contributed by atoms with E-state index in [4.69, 9.17) is 23.2 Å². The number of halogens is 3. The maximum Gasteiger partial charge on any atom is 0.272 e. The van der Waals surface area contributed by atoms with Gasteiger partial charge in [0.2, 0.25) is 0 Å². The van der Waals surface area contributed by atoms with Gasteiger partial charge in [-0.1, -0.05) is 23.2 Å². The van der Waals surface area contributed by atoms with Crippen molar-refractivity contribution in [3.63, 3.8) is 0 Å². The Labute approximate surface area is 163 Å². The first-order chi connectivity index (χ1) is 11.5. The van der Waals surface area contributed by atoms with E-state index in [1.54, 1.807) is 16.8 Å². The van der Waals surface area contributed by atoms with Crippen molar-refractivity contribution in [1.29, 1.82) is 0 Å². The van der Waals surface area contributed by atoms with Crippen molar-refractivity contribution in [1.82, 2.24) is 20.4 Å². The lowest BCUT2D eigenvalue weighted by Gasteiger charge is -2.11. The molecule has 0 radical (unpaired) electrons. The van der Waals surface area contributed by atoms with E-state index in [2.05, 4.69) is 15.7 Å². The molecule has 8 heteroatoms. The molecule has 136 valence electrons. The number of nitrogens with zero attached hydrogens (tertiary/aromatic N) is 2. The van der Waals surface area contributed by atoms with Gasteiger partial charge in [-0.25, -0.2) is 4.68 Å². The largest absolute Gasteiger partial charge is 0.349 e. The molecule has 1 aliphatic carbocycles. The SMILES string of the molecule is CNC(C)CNC(=O)c1nn(-c2ccc(Cl)cc2Cl)c2c1CCC2.Cl. The summed E-state index contributed by atoms with van der Waals surface area (Å²) in [5.41, 5.74) is 3.33. The van der Waals surface area contributed by atoms with E-state index in [9.17, 15) is 4.79 Å². The Morgan fingerprint density at radius 3 is 2.80 bits per heavy atom. The topological polar surface area (TPSA) is 58.9 Å². The number of carbonyl (C=O) groups is 1. The van der Waals surface area contributed by atoms with Crippen LogP contribution < -0.4 is 10.6 Å². The highest BCUT2D eigenvalue weighted by Gasteiger charge is 2.27. The predicted octanol–water partition coefficient (Wildman–Crippen LogP) is 3.43. The molecule has 0 fully saturated rings. The maximum absolute atomic E-state index is 12.5. The van der Waals surface area contributed by atoms with E-state index in [1.807, 2.05) is 20.0 Å². The lowest BCUT2D eigenvalue weighted by molar-refractivity contribution is 0.0944. The summed E-state index contributed by atoms with van der Waals surface area (Å²) in [6.45, 7) is 2.56. The Morgan fingerprint density at radius 2 is 2.12 bits per heavy atom. The third kappa shape index (κ3) is 4.11. The summed E-state index contributed by atoms with van der Waals surface area (Å²) < 4.78 is 1.79. The van der Waals surface area contributed by atoms with Gasteiger partial charge in [-0.2, -0.15) is 5.10 Å². The van der Waals surface area contributed by atoms with Crippen LogP contribution in [0.3, 0.4) is 0 Å². The summed E-state index contributed by atoms with van der Waals surface area (Å²) in [4.78, 5) is 12.5. The van der Waals surface area contributed by atoms with Gasteiger partial charge in [0.05, 0.1) is 10.7 Å². The van der Waals surface area contributed by atoms with Crippen molar-refractivity contribution in [3.8, 4) is 5.69 Å². The molecule has 1 heterocycles. The second-order valence-electron chi connectivity index (χ2n) is 6.03. The molecule has 0 bridgehead atoms. The molecule has 1 aliphatic rings. The average molecular weight is 404 g/mol. The number of nitrogens with one attached hydrogen (secondary N) is 2. The van der Waals surface area contributed by atoms with E-state index in [1.165, 1.54) is 0 Å². The zero-order valence-electron chi connectivity index (χ0n) is 14.1. The molecule has 2 N–H and O–H groups in total. The quantitative estimate of drug-likeness (QED) is 0.804. The first-order valence-electron chi connectivity index (χ1n) is 8.03. The van der Waals surface area contributed by atoms with Crippen LogP contribution >= 0.6 is 35.6 Å². The highest BCUT2D eigenvalue weighted by molar-refractivity contribution is 6.35. The third-order valence-corrected chi connectivity index (χ3v) is 4.88. The van der Waals surface area contributed by atoms with Crippen LogP contribution in [0.25, 0.3) is 5.69 Å². The Balaban J connectivity index is 0.00000225. The van der Waals surface area contributed by atoms with Gasteiger partial charge in [0.1, 0.15) is 0 Å². The van der Waals surface area contributed by atoms with Crippen molar-refractivity contribution >= 4 is 41.5 Å². The minimum absolute atomic E-state index is 0. The molecule has 0 aliphatic heterocycles. The Hall–Kier alpha value is -1.27. The van der Waals surface area contributed by atoms with Crippen molar-refractivity contribution < 1.29 is 4.79 Å². The highest BCUT2D eigenvalue weighted by Crippen LogP contribution is 2.31. The minimum Gasteiger partial charge on any atom is -0.349 e. The highest BCUT2D eigenvalue weighted by atomic mass is 35.5. The number of hydrogen-bond acceptors (Lipinski definition) is 3. The van der Waals surface area contributed by atoms with Crippen LogP contribution in [0.5, 0.6) is 0 Å². The molecular weight excluding hydrogens is 383 g/mol. The molecule has 3 rings (SSSR count). The summed E-state index contributed by atoms with van der Waals surface area (Å²) in [5, 5.41) is 11.7. The van der Waals surface area contributed by atoms with Crippen LogP contribution in [0, 0.1) is 0 Å². The first-order valence-corrected chi connectivity index (χ1v) is 8.78. The van der Waals surface area contributed by atoms with Gasteiger partial charge in [-0.05, 0) is 51.4 Å². The summed E-state index contributed by atoms with van der Waals surface area (Å²) in [6, 6.07) is 5.51. The van der Waals surface area contributed by atoms with Crippen LogP contribution in [0.2, 0.25) is 10.0 Å². The molecule has 1 aromatic heterocycles. The van der Waals surface area contributed by atoms with E-state index in [-0.39, 0.29) is 24.4 Å². The van der Waals surface area contributed by atoms with Gasteiger partial charge >= 0.3 is 0 Å². The second-order valence-corrected chi connectivity index (χ2v) is 6.88. The molecule has 1 amide bonds. The molecule has 0 spiro atoms. The molecule has 0 saturated carbocycles. The summed E-state index contributed by atoms with van der Waals surface area (Å²) in [6.07, 6.45) is 2.78. The summed E-state index contributed by atoms with van der Waals surface area (Å²) >= 11 is 12.3. The fraction of sp³-hybridized carbons (Fsp3) is 0.412. The Bertz CT molecular complexity index is 775. The molecule has 2 aromatic rings. The Kier molecular flexibility index (Phi) is 6.74. The van der Waals surface area contributed by atoms with E-state index < -0.39 is 0 Å². The number of amides is 1. The van der Waals surface area contributed by atoms with Crippen molar-refractivity contribution in [2.75, 3.05) is 13.6 Å². The molecule has 1 unspecified atom stereocenters. The number of hydrogen-bond donors (Lipinski definition) is 2. The van der Waals surface area contributed by atoms with Crippen LogP contribution in [-0.4, -0.2) is 35.3 Å². The zero-order chi connectivity index (χ0) is 17.3. The average Bonchev–Trinajstić information content (AvgIpc) is 3.15. The van der Waals surface area contributed by atoms with Crippen molar-refractivity contribution in [3.05, 3.63) is 45.2 Å². The fourth-order valence-electron chi connectivity index (χ4n) is 2.90. The van der Waals surface area contributed by atoms with Crippen molar-refractivity contribution in [2.24, 2.45) is 0 Å². The van der Waals surface area contributed by atoms with E-state index in [0.29, 0.717) is 22.3 Å². The molecule has 25 heavy (non-hydrogen) atoms. The molecule has 1 aromatic carbocycles. The lowest BCUT2D eigenvalue weighted by atomic mass is 10.2. The first kappa shape index (κ1) is 20.0. The lowest BCUT2D eigenvalue weighted by Crippen LogP contribution is -2.37.